The minimum Gasteiger partial charge on any atom is -0.361 e. The molecule has 19 heavy (non-hydrogen) atoms. The number of ether oxygens (including phenoxy) is 1. The normalized spacial score (nSPS) is 17.6. The van der Waals surface area contributed by atoms with Gasteiger partial charge in [-0.3, -0.25) is 4.90 Å². The summed E-state index contributed by atoms with van der Waals surface area (Å²) in [6.45, 7) is 2.36. The summed E-state index contributed by atoms with van der Waals surface area (Å²) in [5.41, 5.74) is -0.402. The van der Waals surface area contributed by atoms with Crippen LogP contribution in [0.4, 0.5) is 13.2 Å². The van der Waals surface area contributed by atoms with Crippen LogP contribution in [0.2, 0.25) is 0 Å². The third-order valence-corrected chi connectivity index (χ3v) is 3.30. The third-order valence-electron chi connectivity index (χ3n) is 3.30. The lowest BCUT2D eigenvalue weighted by Crippen LogP contribution is -2.31. The van der Waals surface area contributed by atoms with Crippen LogP contribution in [0.5, 0.6) is 0 Å². The molecule has 1 fully saturated rings. The Balaban J connectivity index is 1.88. The molecular weight excluding hydrogens is 255 g/mol. The molecule has 1 aromatic carbocycles. The third kappa shape index (κ3) is 4.21. The number of alkyl halides is 3. The van der Waals surface area contributed by atoms with Crippen LogP contribution < -0.4 is 0 Å². The van der Waals surface area contributed by atoms with E-state index in [1.165, 1.54) is 18.6 Å². The van der Waals surface area contributed by atoms with E-state index in [4.69, 9.17) is 4.74 Å². The molecule has 1 heterocycles. The number of hydrogen-bond acceptors (Lipinski definition) is 2. The number of benzene rings is 1. The average Bonchev–Trinajstić information content (AvgIpc) is 2.39. The number of rotatable bonds is 4. The van der Waals surface area contributed by atoms with Crippen LogP contribution in [0.15, 0.2) is 24.3 Å². The highest BCUT2D eigenvalue weighted by molar-refractivity contribution is 5.28. The first-order chi connectivity index (χ1) is 9.07. The van der Waals surface area contributed by atoms with Gasteiger partial charge in [0.15, 0.2) is 0 Å². The first kappa shape index (κ1) is 14.3. The zero-order valence-electron chi connectivity index (χ0n) is 10.7. The SMILES string of the molecule is FC(F)(F)c1ccccc1COCN1CCCCC1. The molecule has 106 valence electrons. The van der Waals surface area contributed by atoms with Gasteiger partial charge in [0.1, 0.15) is 0 Å². The largest absolute Gasteiger partial charge is 0.416 e. The van der Waals surface area contributed by atoms with Gasteiger partial charge in [-0.05, 0) is 24.5 Å². The Morgan fingerprint density at radius 2 is 1.74 bits per heavy atom. The van der Waals surface area contributed by atoms with E-state index >= 15 is 0 Å². The maximum absolute atomic E-state index is 12.8. The average molecular weight is 273 g/mol. The van der Waals surface area contributed by atoms with Crippen molar-refractivity contribution in [2.75, 3.05) is 19.8 Å². The topological polar surface area (TPSA) is 12.5 Å². The van der Waals surface area contributed by atoms with Crippen LogP contribution >= 0.6 is 0 Å². The molecule has 1 aromatic rings. The van der Waals surface area contributed by atoms with E-state index in [0.29, 0.717) is 6.73 Å². The number of halogens is 3. The van der Waals surface area contributed by atoms with E-state index < -0.39 is 11.7 Å². The molecular formula is C14H18F3NO. The number of hydrogen-bond donors (Lipinski definition) is 0. The Morgan fingerprint density at radius 3 is 2.42 bits per heavy atom. The number of nitrogens with zero attached hydrogens (tertiary/aromatic N) is 1. The summed E-state index contributed by atoms with van der Waals surface area (Å²) in [7, 11) is 0. The smallest absolute Gasteiger partial charge is 0.361 e. The van der Waals surface area contributed by atoms with Crippen LogP contribution in [-0.4, -0.2) is 24.7 Å². The van der Waals surface area contributed by atoms with Gasteiger partial charge in [0.05, 0.1) is 18.9 Å². The Hall–Kier alpha value is -1.07. The fourth-order valence-corrected chi connectivity index (χ4v) is 2.30. The monoisotopic (exact) mass is 273 g/mol. The van der Waals surface area contributed by atoms with Gasteiger partial charge in [-0.2, -0.15) is 13.2 Å². The lowest BCUT2D eigenvalue weighted by atomic mass is 10.1. The van der Waals surface area contributed by atoms with Gasteiger partial charge in [-0.25, -0.2) is 0 Å². The van der Waals surface area contributed by atoms with Gasteiger partial charge in [0, 0.05) is 13.1 Å². The Morgan fingerprint density at radius 1 is 1.05 bits per heavy atom. The van der Waals surface area contributed by atoms with Crippen molar-refractivity contribution in [3.05, 3.63) is 35.4 Å². The summed E-state index contributed by atoms with van der Waals surface area (Å²) in [4.78, 5) is 2.14. The maximum Gasteiger partial charge on any atom is 0.416 e. The molecule has 1 aliphatic rings. The highest BCUT2D eigenvalue weighted by Gasteiger charge is 2.32. The van der Waals surface area contributed by atoms with Crippen LogP contribution in [0, 0.1) is 0 Å². The van der Waals surface area contributed by atoms with Crippen LogP contribution in [0.3, 0.4) is 0 Å². The molecule has 0 aromatic heterocycles. The maximum atomic E-state index is 12.8. The number of likely N-dealkylation sites (tertiary alicyclic amines) is 1. The van der Waals surface area contributed by atoms with Gasteiger partial charge in [0.2, 0.25) is 0 Å². The fourth-order valence-electron chi connectivity index (χ4n) is 2.30. The van der Waals surface area contributed by atoms with Gasteiger partial charge >= 0.3 is 6.18 Å². The minimum absolute atomic E-state index is 0.00613. The lowest BCUT2D eigenvalue weighted by molar-refractivity contribution is -0.139. The predicted octanol–water partition coefficient (Wildman–Crippen LogP) is 3.67. The molecule has 5 heteroatoms. The predicted molar refractivity (Wildman–Crippen MR) is 66.5 cm³/mol. The van der Waals surface area contributed by atoms with E-state index in [1.807, 2.05) is 0 Å². The second-order valence-electron chi connectivity index (χ2n) is 4.81. The van der Waals surface area contributed by atoms with Gasteiger partial charge in [0.25, 0.3) is 0 Å². The molecule has 0 unspecified atom stereocenters. The molecule has 2 rings (SSSR count). The van der Waals surface area contributed by atoms with Crippen molar-refractivity contribution < 1.29 is 17.9 Å². The zero-order chi connectivity index (χ0) is 13.7. The lowest BCUT2D eigenvalue weighted by Gasteiger charge is -2.26. The highest BCUT2D eigenvalue weighted by atomic mass is 19.4. The summed E-state index contributed by atoms with van der Waals surface area (Å²) in [5.74, 6) is 0. The molecule has 0 bridgehead atoms. The molecule has 0 aliphatic carbocycles. The quantitative estimate of drug-likeness (QED) is 0.830. The summed E-state index contributed by atoms with van der Waals surface area (Å²) in [6.07, 6.45) is -0.802. The van der Waals surface area contributed by atoms with Crippen molar-refractivity contribution in [3.8, 4) is 0 Å². The molecule has 0 N–H and O–H groups in total. The van der Waals surface area contributed by atoms with Gasteiger partial charge < -0.3 is 4.74 Å². The van der Waals surface area contributed by atoms with Crippen molar-refractivity contribution >= 4 is 0 Å². The second kappa shape index (κ2) is 6.39. The molecule has 0 spiro atoms. The van der Waals surface area contributed by atoms with Crippen molar-refractivity contribution in [1.29, 1.82) is 0 Å². The van der Waals surface area contributed by atoms with Gasteiger partial charge in [-0.15, -0.1) is 0 Å². The highest BCUT2D eigenvalue weighted by Crippen LogP contribution is 2.32. The van der Waals surface area contributed by atoms with Gasteiger partial charge in [-0.1, -0.05) is 24.6 Å². The summed E-state index contributed by atoms with van der Waals surface area (Å²) in [6, 6.07) is 5.57. The summed E-state index contributed by atoms with van der Waals surface area (Å²) >= 11 is 0. The van der Waals surface area contributed by atoms with Crippen molar-refractivity contribution in [2.45, 2.75) is 32.0 Å². The molecule has 0 radical (unpaired) electrons. The molecule has 1 aliphatic heterocycles. The molecule has 1 saturated heterocycles. The molecule has 0 amide bonds. The van der Waals surface area contributed by atoms with Crippen molar-refractivity contribution in [1.82, 2.24) is 4.90 Å². The van der Waals surface area contributed by atoms with Crippen LogP contribution in [0.1, 0.15) is 30.4 Å². The standard InChI is InChI=1S/C14H18F3NO/c15-14(16,17)13-7-3-2-6-12(13)10-19-11-18-8-4-1-5-9-18/h2-3,6-7H,1,4-5,8-11H2. The minimum atomic E-state index is -4.31. The Kier molecular flexibility index (Phi) is 4.82. The fraction of sp³-hybridized carbons (Fsp3) is 0.571. The Labute approximate surface area is 111 Å². The van der Waals surface area contributed by atoms with Crippen molar-refractivity contribution in [2.24, 2.45) is 0 Å². The molecule has 0 saturated carbocycles. The number of piperidine rings is 1. The first-order valence-electron chi connectivity index (χ1n) is 6.52. The molecule has 0 atom stereocenters. The zero-order valence-corrected chi connectivity index (χ0v) is 10.7. The van der Waals surface area contributed by atoms with Crippen LogP contribution in [0.25, 0.3) is 0 Å². The van der Waals surface area contributed by atoms with E-state index in [1.54, 1.807) is 6.07 Å². The van der Waals surface area contributed by atoms with E-state index in [0.717, 1.165) is 32.0 Å². The second-order valence-corrected chi connectivity index (χ2v) is 4.81. The Bertz CT molecular complexity index is 400. The molecule has 2 nitrogen and oxygen atoms in total. The van der Waals surface area contributed by atoms with Crippen LogP contribution in [-0.2, 0) is 17.5 Å². The van der Waals surface area contributed by atoms with E-state index in [9.17, 15) is 13.2 Å². The van der Waals surface area contributed by atoms with E-state index in [-0.39, 0.29) is 12.2 Å². The summed E-state index contributed by atoms with van der Waals surface area (Å²) in [5, 5.41) is 0. The van der Waals surface area contributed by atoms with Crippen molar-refractivity contribution in [3.63, 3.8) is 0 Å². The van der Waals surface area contributed by atoms with E-state index in [2.05, 4.69) is 4.90 Å². The summed E-state index contributed by atoms with van der Waals surface area (Å²) < 4.78 is 43.7. The first-order valence-corrected chi connectivity index (χ1v) is 6.52.